The molecule has 0 aliphatic carbocycles. The number of halogens is 4. The number of pyridine rings is 1. The lowest BCUT2D eigenvalue weighted by Gasteiger charge is -2.12. The monoisotopic (exact) mass is 383 g/mol. The number of amides is 1. The van der Waals surface area contributed by atoms with Crippen molar-refractivity contribution in [2.45, 2.75) is 6.18 Å². The third kappa shape index (κ3) is 3.21. The fourth-order valence-electron chi connectivity index (χ4n) is 2.10. The zero-order valence-electron chi connectivity index (χ0n) is 11.4. The van der Waals surface area contributed by atoms with E-state index in [2.05, 4.69) is 26.2 Å². The molecule has 2 heterocycles. The van der Waals surface area contributed by atoms with Gasteiger partial charge in [-0.3, -0.25) is 4.79 Å². The SMILES string of the molecule is O=C(Nc1ccccc1C(F)(F)F)c1cn2cc(Br)ccc2n1. The van der Waals surface area contributed by atoms with Crippen LogP contribution in [0.15, 0.2) is 53.3 Å². The largest absolute Gasteiger partial charge is 0.418 e. The standard InChI is InChI=1S/C15H9BrF3N3O/c16-9-5-6-13-20-12(8-22(13)7-9)14(23)21-11-4-2-1-3-10(11)15(17,18)19/h1-8H,(H,21,23). The summed E-state index contributed by atoms with van der Waals surface area (Å²) in [6.45, 7) is 0. The van der Waals surface area contributed by atoms with E-state index >= 15 is 0 Å². The first-order valence-corrected chi connectivity index (χ1v) is 7.26. The molecule has 0 fully saturated rings. The predicted octanol–water partition coefficient (Wildman–Crippen LogP) is 4.37. The van der Waals surface area contributed by atoms with Crippen LogP contribution in [0.5, 0.6) is 0 Å². The summed E-state index contributed by atoms with van der Waals surface area (Å²) in [6.07, 6.45) is -1.40. The van der Waals surface area contributed by atoms with Gasteiger partial charge in [-0.15, -0.1) is 0 Å². The van der Waals surface area contributed by atoms with Crippen molar-refractivity contribution in [3.05, 3.63) is 64.5 Å². The maximum absolute atomic E-state index is 12.9. The van der Waals surface area contributed by atoms with Crippen molar-refractivity contribution in [2.75, 3.05) is 5.32 Å². The second-order valence-corrected chi connectivity index (χ2v) is 5.65. The second kappa shape index (κ2) is 5.69. The maximum Gasteiger partial charge on any atom is 0.418 e. The summed E-state index contributed by atoms with van der Waals surface area (Å²) in [4.78, 5) is 16.3. The lowest BCUT2D eigenvalue weighted by atomic mass is 10.1. The van der Waals surface area contributed by atoms with E-state index in [1.54, 1.807) is 22.7 Å². The van der Waals surface area contributed by atoms with Gasteiger partial charge >= 0.3 is 6.18 Å². The Hall–Kier alpha value is -2.35. The van der Waals surface area contributed by atoms with Gasteiger partial charge in [-0.25, -0.2) is 4.98 Å². The zero-order chi connectivity index (χ0) is 16.6. The van der Waals surface area contributed by atoms with Crippen molar-refractivity contribution in [1.29, 1.82) is 0 Å². The number of nitrogens with one attached hydrogen (secondary N) is 1. The van der Waals surface area contributed by atoms with Crippen molar-refractivity contribution in [2.24, 2.45) is 0 Å². The minimum atomic E-state index is -4.55. The summed E-state index contributed by atoms with van der Waals surface area (Å²) in [5.74, 6) is -0.707. The Morgan fingerprint density at radius 1 is 1.13 bits per heavy atom. The van der Waals surface area contributed by atoms with Gasteiger partial charge in [0, 0.05) is 16.9 Å². The van der Waals surface area contributed by atoms with Crippen molar-refractivity contribution < 1.29 is 18.0 Å². The van der Waals surface area contributed by atoms with Crippen LogP contribution in [-0.4, -0.2) is 15.3 Å². The Balaban J connectivity index is 1.92. The molecule has 23 heavy (non-hydrogen) atoms. The van der Waals surface area contributed by atoms with Gasteiger partial charge in [-0.2, -0.15) is 13.2 Å². The molecule has 0 radical (unpaired) electrons. The van der Waals surface area contributed by atoms with Crippen LogP contribution < -0.4 is 5.32 Å². The average molecular weight is 384 g/mol. The highest BCUT2D eigenvalue weighted by atomic mass is 79.9. The van der Waals surface area contributed by atoms with E-state index in [0.717, 1.165) is 10.5 Å². The number of fused-ring (bicyclic) bond motifs is 1. The first-order chi connectivity index (χ1) is 10.8. The van der Waals surface area contributed by atoms with E-state index in [9.17, 15) is 18.0 Å². The number of benzene rings is 1. The first kappa shape index (κ1) is 15.5. The van der Waals surface area contributed by atoms with Gasteiger partial charge in [0.1, 0.15) is 11.3 Å². The topological polar surface area (TPSA) is 46.4 Å². The molecule has 0 saturated carbocycles. The Bertz CT molecular complexity index is 889. The van der Waals surface area contributed by atoms with Crippen molar-refractivity contribution in [1.82, 2.24) is 9.38 Å². The molecule has 0 saturated heterocycles. The van der Waals surface area contributed by atoms with E-state index in [0.29, 0.717) is 5.65 Å². The normalized spacial score (nSPS) is 11.7. The molecule has 0 unspecified atom stereocenters. The first-order valence-electron chi connectivity index (χ1n) is 6.46. The predicted molar refractivity (Wildman–Crippen MR) is 82.3 cm³/mol. The number of alkyl halides is 3. The van der Waals surface area contributed by atoms with Gasteiger partial charge in [0.05, 0.1) is 11.3 Å². The van der Waals surface area contributed by atoms with Crippen LogP contribution in [-0.2, 0) is 6.18 Å². The molecule has 2 aromatic heterocycles. The van der Waals surface area contributed by atoms with Crippen LogP contribution in [0.4, 0.5) is 18.9 Å². The van der Waals surface area contributed by atoms with Crippen molar-refractivity contribution in [3.63, 3.8) is 0 Å². The molecule has 0 spiro atoms. The van der Waals surface area contributed by atoms with E-state index in [1.165, 1.54) is 24.4 Å². The number of hydrogen-bond acceptors (Lipinski definition) is 2. The van der Waals surface area contributed by atoms with E-state index in [1.807, 2.05) is 0 Å². The summed E-state index contributed by atoms with van der Waals surface area (Å²) < 4.78 is 41.2. The molecule has 0 bridgehead atoms. The number of para-hydroxylation sites is 1. The molecule has 1 N–H and O–H groups in total. The molecule has 0 aliphatic rings. The number of rotatable bonds is 2. The quantitative estimate of drug-likeness (QED) is 0.714. The third-order valence-electron chi connectivity index (χ3n) is 3.13. The highest BCUT2D eigenvalue weighted by molar-refractivity contribution is 9.10. The number of carbonyl (C=O) groups is 1. The summed E-state index contributed by atoms with van der Waals surface area (Å²) in [5, 5.41) is 2.26. The average Bonchev–Trinajstić information content (AvgIpc) is 2.89. The summed E-state index contributed by atoms with van der Waals surface area (Å²) in [6, 6.07) is 8.24. The Kier molecular flexibility index (Phi) is 3.85. The van der Waals surface area contributed by atoms with Gasteiger partial charge in [0.15, 0.2) is 0 Å². The number of nitrogens with zero attached hydrogens (tertiary/aromatic N) is 2. The third-order valence-corrected chi connectivity index (χ3v) is 3.60. The molecule has 0 aliphatic heterocycles. The number of hydrogen-bond donors (Lipinski definition) is 1. The number of anilines is 1. The smallest absolute Gasteiger partial charge is 0.320 e. The van der Waals surface area contributed by atoms with Crippen LogP contribution in [0.25, 0.3) is 5.65 Å². The van der Waals surface area contributed by atoms with Crippen LogP contribution in [0.2, 0.25) is 0 Å². The number of imidazole rings is 1. The molecule has 0 atom stereocenters. The lowest BCUT2D eigenvalue weighted by molar-refractivity contribution is -0.136. The zero-order valence-corrected chi connectivity index (χ0v) is 13.0. The molecular formula is C15H9BrF3N3O. The van der Waals surface area contributed by atoms with Crippen molar-refractivity contribution in [3.8, 4) is 0 Å². The fourth-order valence-corrected chi connectivity index (χ4v) is 2.45. The summed E-state index contributed by atoms with van der Waals surface area (Å²) >= 11 is 3.29. The highest BCUT2D eigenvalue weighted by Crippen LogP contribution is 2.34. The summed E-state index contributed by atoms with van der Waals surface area (Å²) in [5.41, 5.74) is -0.661. The van der Waals surface area contributed by atoms with Crippen LogP contribution in [0, 0.1) is 0 Å². The number of carbonyl (C=O) groups excluding carboxylic acids is 1. The molecule has 4 nitrogen and oxygen atoms in total. The van der Waals surface area contributed by atoms with E-state index < -0.39 is 17.6 Å². The lowest BCUT2D eigenvalue weighted by Crippen LogP contribution is -2.16. The molecule has 1 aromatic carbocycles. The summed E-state index contributed by atoms with van der Waals surface area (Å²) in [7, 11) is 0. The molecule has 118 valence electrons. The number of aromatic nitrogens is 2. The van der Waals surface area contributed by atoms with Gasteiger partial charge in [-0.05, 0) is 40.2 Å². The second-order valence-electron chi connectivity index (χ2n) is 4.74. The van der Waals surface area contributed by atoms with Crippen LogP contribution >= 0.6 is 15.9 Å². The van der Waals surface area contributed by atoms with Gasteiger partial charge < -0.3 is 9.72 Å². The van der Waals surface area contributed by atoms with E-state index in [4.69, 9.17) is 0 Å². The molecule has 1 amide bonds. The highest BCUT2D eigenvalue weighted by Gasteiger charge is 2.33. The minimum Gasteiger partial charge on any atom is -0.320 e. The van der Waals surface area contributed by atoms with Crippen molar-refractivity contribution >= 4 is 33.2 Å². The molecular weight excluding hydrogens is 375 g/mol. The molecule has 3 aromatic rings. The van der Waals surface area contributed by atoms with Gasteiger partial charge in [0.25, 0.3) is 5.91 Å². The Morgan fingerprint density at radius 2 is 1.87 bits per heavy atom. The molecule has 3 rings (SSSR count). The van der Waals surface area contributed by atoms with Crippen LogP contribution in [0.1, 0.15) is 16.1 Å². The minimum absolute atomic E-state index is 0.0278. The fraction of sp³-hybridized carbons (Fsp3) is 0.0667. The van der Waals surface area contributed by atoms with Crippen LogP contribution in [0.3, 0.4) is 0 Å². The van der Waals surface area contributed by atoms with Gasteiger partial charge in [0.2, 0.25) is 0 Å². The molecule has 8 heteroatoms. The Labute approximate surface area is 137 Å². The Morgan fingerprint density at radius 3 is 2.61 bits per heavy atom. The van der Waals surface area contributed by atoms with E-state index in [-0.39, 0.29) is 11.4 Å². The maximum atomic E-state index is 12.9. The van der Waals surface area contributed by atoms with Gasteiger partial charge in [-0.1, -0.05) is 12.1 Å².